The monoisotopic (exact) mass is 374 g/mol. The molecular weight excluding hydrogens is 348 g/mol. The fourth-order valence-corrected chi connectivity index (χ4v) is 3.93. The zero-order chi connectivity index (χ0) is 19.2. The summed E-state index contributed by atoms with van der Waals surface area (Å²) in [6.07, 6.45) is 3.33. The van der Waals surface area contributed by atoms with Gasteiger partial charge in [0.25, 0.3) is 5.91 Å². The van der Waals surface area contributed by atoms with Crippen LogP contribution >= 0.6 is 11.8 Å². The van der Waals surface area contributed by atoms with Crippen LogP contribution in [0.25, 0.3) is 0 Å². The molecule has 26 heavy (non-hydrogen) atoms. The number of esters is 1. The van der Waals surface area contributed by atoms with Gasteiger partial charge in [0.05, 0.1) is 11.8 Å². The Morgan fingerprint density at radius 3 is 2.62 bits per heavy atom. The van der Waals surface area contributed by atoms with E-state index in [1.54, 1.807) is 6.92 Å². The molecule has 1 aliphatic carbocycles. The van der Waals surface area contributed by atoms with E-state index in [0.29, 0.717) is 12.8 Å². The van der Waals surface area contributed by atoms with E-state index in [1.165, 1.54) is 17.3 Å². The number of carbonyl (C=O) groups excluding carboxylic acids is 2. The number of benzene rings is 1. The largest absolute Gasteiger partial charge is 0.452 e. The first kappa shape index (κ1) is 20.3. The van der Waals surface area contributed by atoms with Gasteiger partial charge in [0, 0.05) is 4.90 Å². The zero-order valence-electron chi connectivity index (χ0n) is 15.6. The van der Waals surface area contributed by atoms with Gasteiger partial charge in [-0.3, -0.25) is 9.59 Å². The lowest BCUT2D eigenvalue weighted by molar-refractivity contribution is -0.152. The quantitative estimate of drug-likeness (QED) is 0.607. The summed E-state index contributed by atoms with van der Waals surface area (Å²) in [4.78, 5) is 25.4. The van der Waals surface area contributed by atoms with Crippen molar-refractivity contribution < 1.29 is 14.3 Å². The predicted octanol–water partition coefficient (Wildman–Crippen LogP) is 3.67. The summed E-state index contributed by atoms with van der Waals surface area (Å²) in [6.45, 7) is 5.57. The number of nitriles is 1. The predicted molar refractivity (Wildman–Crippen MR) is 102 cm³/mol. The van der Waals surface area contributed by atoms with Gasteiger partial charge >= 0.3 is 5.97 Å². The second-order valence-electron chi connectivity index (χ2n) is 6.93. The molecule has 5 nitrogen and oxygen atoms in total. The zero-order valence-corrected chi connectivity index (χ0v) is 16.4. The lowest BCUT2D eigenvalue weighted by Gasteiger charge is -2.32. The molecule has 0 aromatic heterocycles. The van der Waals surface area contributed by atoms with E-state index in [9.17, 15) is 14.9 Å². The molecule has 0 aliphatic heterocycles. The Balaban J connectivity index is 1.84. The summed E-state index contributed by atoms with van der Waals surface area (Å²) in [5, 5.41) is 12.2. The highest BCUT2D eigenvalue weighted by molar-refractivity contribution is 8.00. The van der Waals surface area contributed by atoms with E-state index in [2.05, 4.69) is 17.5 Å². The second kappa shape index (κ2) is 9.09. The first-order valence-electron chi connectivity index (χ1n) is 8.98. The van der Waals surface area contributed by atoms with Crippen LogP contribution in [0.2, 0.25) is 0 Å². The third kappa shape index (κ3) is 5.50. The second-order valence-corrected chi connectivity index (χ2v) is 7.95. The molecule has 0 radical (unpaired) electrons. The third-order valence-electron chi connectivity index (χ3n) is 4.64. The Morgan fingerprint density at radius 1 is 1.31 bits per heavy atom. The van der Waals surface area contributed by atoms with Crippen molar-refractivity contribution >= 4 is 23.6 Å². The molecule has 1 atom stereocenters. The van der Waals surface area contributed by atoms with Crippen molar-refractivity contribution in [3.63, 3.8) is 0 Å². The minimum Gasteiger partial charge on any atom is -0.452 e. The van der Waals surface area contributed by atoms with Gasteiger partial charge in [-0.15, -0.1) is 11.8 Å². The fraction of sp³-hybridized carbons (Fsp3) is 0.550. The van der Waals surface area contributed by atoms with E-state index < -0.39 is 23.5 Å². The standard InChI is InChI=1S/C20H26N2O3S/c1-14-7-8-17(15(2)11-14)26-12-18(23)25-16(3)19(24)22-20(13-21)9-5-4-6-10-20/h7-8,11,16H,4-6,9-10,12H2,1-3H3,(H,22,24)/t16-/m0/s1. The number of ether oxygens (including phenoxy) is 1. The number of rotatable bonds is 6. The van der Waals surface area contributed by atoms with Gasteiger partial charge in [-0.2, -0.15) is 5.26 Å². The van der Waals surface area contributed by atoms with Gasteiger partial charge in [0.15, 0.2) is 6.10 Å². The molecule has 1 amide bonds. The van der Waals surface area contributed by atoms with Gasteiger partial charge in [0.1, 0.15) is 5.54 Å². The van der Waals surface area contributed by atoms with E-state index >= 15 is 0 Å². The molecule has 1 N–H and O–H groups in total. The van der Waals surface area contributed by atoms with Crippen LogP contribution in [0.1, 0.15) is 50.2 Å². The van der Waals surface area contributed by atoms with Crippen molar-refractivity contribution in [3.05, 3.63) is 29.3 Å². The molecule has 1 aliphatic rings. The summed E-state index contributed by atoms with van der Waals surface area (Å²) in [5.41, 5.74) is 1.47. The highest BCUT2D eigenvalue weighted by Gasteiger charge is 2.35. The first-order valence-corrected chi connectivity index (χ1v) is 9.96. The number of hydrogen-bond acceptors (Lipinski definition) is 5. The minimum atomic E-state index is -0.908. The Labute approximate surface area is 159 Å². The van der Waals surface area contributed by atoms with E-state index in [0.717, 1.165) is 29.7 Å². The molecule has 0 bridgehead atoms. The van der Waals surface area contributed by atoms with Crippen LogP contribution < -0.4 is 5.32 Å². The number of nitrogens with one attached hydrogen (secondary N) is 1. The smallest absolute Gasteiger partial charge is 0.317 e. The molecule has 6 heteroatoms. The molecule has 2 rings (SSSR count). The molecule has 0 heterocycles. The maximum Gasteiger partial charge on any atom is 0.317 e. The highest BCUT2D eigenvalue weighted by Crippen LogP contribution is 2.28. The third-order valence-corrected chi connectivity index (χ3v) is 5.79. The Hall–Kier alpha value is -2.00. The molecule has 1 saturated carbocycles. The first-order chi connectivity index (χ1) is 12.3. The minimum absolute atomic E-state index is 0.144. The average molecular weight is 375 g/mol. The van der Waals surface area contributed by atoms with Crippen molar-refractivity contribution in [2.45, 2.75) is 69.4 Å². The van der Waals surface area contributed by atoms with Crippen LogP contribution in [0.5, 0.6) is 0 Å². The summed E-state index contributed by atoms with van der Waals surface area (Å²) >= 11 is 1.40. The average Bonchev–Trinajstić information content (AvgIpc) is 2.61. The van der Waals surface area contributed by atoms with Crippen LogP contribution in [0, 0.1) is 25.2 Å². The van der Waals surface area contributed by atoms with Gasteiger partial charge in [-0.05, 0) is 45.2 Å². The number of carbonyl (C=O) groups is 2. The van der Waals surface area contributed by atoms with E-state index in [-0.39, 0.29) is 5.75 Å². The normalized spacial score (nSPS) is 17.0. The summed E-state index contributed by atoms with van der Waals surface area (Å²) in [6, 6.07) is 8.29. The molecule has 0 unspecified atom stereocenters. The van der Waals surface area contributed by atoms with E-state index in [1.807, 2.05) is 26.0 Å². The van der Waals surface area contributed by atoms with Gasteiger partial charge in [-0.25, -0.2) is 0 Å². The van der Waals surface area contributed by atoms with Crippen LogP contribution in [0.15, 0.2) is 23.1 Å². The summed E-state index contributed by atoms with van der Waals surface area (Å²) in [5.74, 6) is -0.698. The van der Waals surface area contributed by atoms with Gasteiger partial charge in [0.2, 0.25) is 0 Å². The maximum absolute atomic E-state index is 12.3. The van der Waals surface area contributed by atoms with Crippen molar-refractivity contribution in [3.8, 4) is 6.07 Å². The molecular formula is C20H26N2O3S. The molecule has 1 fully saturated rings. The van der Waals surface area contributed by atoms with Crippen molar-refractivity contribution in [1.82, 2.24) is 5.32 Å². The Kier molecular flexibility index (Phi) is 7.10. The van der Waals surface area contributed by atoms with Gasteiger partial charge in [-0.1, -0.05) is 37.0 Å². The highest BCUT2D eigenvalue weighted by atomic mass is 32.2. The summed E-state index contributed by atoms with van der Waals surface area (Å²) in [7, 11) is 0. The van der Waals surface area contributed by atoms with Crippen LogP contribution in [0.3, 0.4) is 0 Å². The van der Waals surface area contributed by atoms with Crippen molar-refractivity contribution in [2.24, 2.45) is 0 Å². The number of thioether (sulfide) groups is 1. The lowest BCUT2D eigenvalue weighted by Crippen LogP contribution is -2.52. The Morgan fingerprint density at radius 2 is 2.00 bits per heavy atom. The maximum atomic E-state index is 12.3. The molecule has 140 valence electrons. The fourth-order valence-electron chi connectivity index (χ4n) is 3.14. The molecule has 1 aromatic carbocycles. The molecule has 1 aromatic rings. The number of hydrogen-bond donors (Lipinski definition) is 1. The van der Waals surface area contributed by atoms with Crippen molar-refractivity contribution in [2.75, 3.05) is 5.75 Å². The molecule has 0 spiro atoms. The van der Waals surface area contributed by atoms with Gasteiger partial charge < -0.3 is 10.1 Å². The Bertz CT molecular complexity index is 705. The van der Waals surface area contributed by atoms with Crippen LogP contribution in [-0.2, 0) is 14.3 Å². The van der Waals surface area contributed by atoms with Crippen LogP contribution in [0.4, 0.5) is 0 Å². The number of aryl methyl sites for hydroxylation is 2. The number of nitrogens with zero attached hydrogens (tertiary/aromatic N) is 1. The SMILES string of the molecule is Cc1ccc(SCC(=O)O[C@@H](C)C(=O)NC2(C#N)CCCCC2)c(C)c1. The topological polar surface area (TPSA) is 79.2 Å². The summed E-state index contributed by atoms with van der Waals surface area (Å²) < 4.78 is 5.25. The lowest BCUT2D eigenvalue weighted by atomic mass is 9.83. The molecule has 0 saturated heterocycles. The number of amides is 1. The van der Waals surface area contributed by atoms with Crippen LogP contribution in [-0.4, -0.2) is 29.3 Å². The van der Waals surface area contributed by atoms with Crippen molar-refractivity contribution in [1.29, 1.82) is 5.26 Å². The van der Waals surface area contributed by atoms with E-state index in [4.69, 9.17) is 4.74 Å².